The van der Waals surface area contributed by atoms with Crippen molar-refractivity contribution in [3.05, 3.63) is 29.0 Å². The number of carbonyl (C=O) groups excluding carboxylic acids is 1. The minimum absolute atomic E-state index is 0.120. The van der Waals surface area contributed by atoms with Crippen molar-refractivity contribution in [2.75, 3.05) is 19.6 Å². The zero-order chi connectivity index (χ0) is 16.9. The molecule has 1 heterocycles. The van der Waals surface area contributed by atoms with Crippen LogP contribution in [0, 0.1) is 5.82 Å². The fourth-order valence-corrected chi connectivity index (χ4v) is 3.81. The first-order valence-corrected chi connectivity index (χ1v) is 9.49. The summed E-state index contributed by atoms with van der Waals surface area (Å²) in [5.41, 5.74) is 0. The van der Waals surface area contributed by atoms with E-state index in [9.17, 15) is 17.6 Å². The molecule has 0 aliphatic carbocycles. The van der Waals surface area contributed by atoms with Crippen LogP contribution in [0.25, 0.3) is 0 Å². The molecule has 5 nitrogen and oxygen atoms in total. The largest absolute Gasteiger partial charge is 0.343 e. The number of benzene rings is 1. The van der Waals surface area contributed by atoms with Gasteiger partial charge in [-0.3, -0.25) is 4.79 Å². The van der Waals surface area contributed by atoms with Crippen LogP contribution >= 0.6 is 11.6 Å². The van der Waals surface area contributed by atoms with E-state index in [4.69, 9.17) is 11.6 Å². The standard InChI is InChI=1S/C15H20ClFN2O3S/c16-12-6-7-14(13(17)11-12)23(21,22)18-8-4-10-19-9-3-1-2-5-15(19)20/h6-7,11,18H,1-5,8-10H2. The van der Waals surface area contributed by atoms with Gasteiger partial charge in [0, 0.05) is 31.1 Å². The first kappa shape index (κ1) is 18.2. The van der Waals surface area contributed by atoms with Crippen LogP contribution in [-0.2, 0) is 14.8 Å². The topological polar surface area (TPSA) is 66.5 Å². The molecular formula is C15H20ClFN2O3S. The monoisotopic (exact) mass is 362 g/mol. The second kappa shape index (κ2) is 8.08. The number of halogens is 2. The number of rotatable bonds is 6. The van der Waals surface area contributed by atoms with Gasteiger partial charge in [0.25, 0.3) is 0 Å². The van der Waals surface area contributed by atoms with E-state index in [1.807, 2.05) is 0 Å². The molecule has 0 bridgehead atoms. The van der Waals surface area contributed by atoms with E-state index in [1.54, 1.807) is 4.90 Å². The molecule has 0 radical (unpaired) electrons. The lowest BCUT2D eigenvalue weighted by Crippen LogP contribution is -2.34. The quantitative estimate of drug-likeness (QED) is 0.791. The molecule has 1 aromatic carbocycles. The van der Waals surface area contributed by atoms with Crippen molar-refractivity contribution in [1.29, 1.82) is 0 Å². The predicted molar refractivity (Wildman–Crippen MR) is 86.3 cm³/mol. The molecule has 0 unspecified atom stereocenters. The number of amides is 1. The van der Waals surface area contributed by atoms with Crippen LogP contribution in [0.3, 0.4) is 0 Å². The highest BCUT2D eigenvalue weighted by Crippen LogP contribution is 2.18. The molecule has 128 valence electrons. The fraction of sp³-hybridized carbons (Fsp3) is 0.533. The van der Waals surface area contributed by atoms with Gasteiger partial charge in [0.2, 0.25) is 15.9 Å². The first-order valence-electron chi connectivity index (χ1n) is 7.62. The zero-order valence-electron chi connectivity index (χ0n) is 12.7. The number of sulfonamides is 1. The Balaban J connectivity index is 1.86. The van der Waals surface area contributed by atoms with Crippen LogP contribution in [0.1, 0.15) is 32.1 Å². The minimum atomic E-state index is -3.92. The van der Waals surface area contributed by atoms with Crippen molar-refractivity contribution in [3.63, 3.8) is 0 Å². The van der Waals surface area contributed by atoms with Gasteiger partial charge < -0.3 is 4.90 Å². The lowest BCUT2D eigenvalue weighted by atomic mass is 10.2. The van der Waals surface area contributed by atoms with E-state index in [1.165, 1.54) is 6.07 Å². The third-order valence-electron chi connectivity index (χ3n) is 3.75. The molecule has 1 aliphatic heterocycles. The highest BCUT2D eigenvalue weighted by Gasteiger charge is 2.20. The van der Waals surface area contributed by atoms with Crippen LogP contribution in [-0.4, -0.2) is 38.9 Å². The van der Waals surface area contributed by atoms with Crippen molar-refractivity contribution in [2.24, 2.45) is 0 Å². The van der Waals surface area contributed by atoms with Crippen LogP contribution < -0.4 is 4.72 Å². The molecule has 1 N–H and O–H groups in total. The van der Waals surface area contributed by atoms with E-state index in [-0.39, 0.29) is 17.5 Å². The summed E-state index contributed by atoms with van der Waals surface area (Å²) < 4.78 is 40.2. The number of nitrogens with one attached hydrogen (secondary N) is 1. The van der Waals surface area contributed by atoms with E-state index in [2.05, 4.69) is 4.72 Å². The predicted octanol–water partition coefficient (Wildman–Crippen LogP) is 2.55. The molecule has 2 rings (SSSR count). The van der Waals surface area contributed by atoms with E-state index in [0.29, 0.717) is 19.4 Å². The minimum Gasteiger partial charge on any atom is -0.343 e. The van der Waals surface area contributed by atoms with Crippen molar-refractivity contribution >= 4 is 27.5 Å². The van der Waals surface area contributed by atoms with Crippen LogP contribution in [0.4, 0.5) is 4.39 Å². The average Bonchev–Trinajstić information content (AvgIpc) is 2.68. The second-order valence-corrected chi connectivity index (χ2v) is 7.69. The molecule has 0 spiro atoms. The third kappa shape index (κ3) is 5.16. The molecule has 1 fully saturated rings. The second-order valence-electron chi connectivity index (χ2n) is 5.52. The Labute approximate surface area is 140 Å². The average molecular weight is 363 g/mol. The molecular weight excluding hydrogens is 343 g/mol. The fourth-order valence-electron chi connectivity index (χ4n) is 2.52. The number of nitrogens with zero attached hydrogens (tertiary/aromatic N) is 1. The first-order chi connectivity index (χ1) is 10.9. The molecule has 1 saturated heterocycles. The summed E-state index contributed by atoms with van der Waals surface area (Å²) >= 11 is 5.61. The molecule has 23 heavy (non-hydrogen) atoms. The van der Waals surface area contributed by atoms with E-state index >= 15 is 0 Å². The Bertz CT molecular complexity index is 667. The summed E-state index contributed by atoms with van der Waals surface area (Å²) in [6, 6.07) is 3.43. The summed E-state index contributed by atoms with van der Waals surface area (Å²) in [6.07, 6.45) is 3.98. The molecule has 0 saturated carbocycles. The number of likely N-dealkylation sites (tertiary alicyclic amines) is 1. The third-order valence-corrected chi connectivity index (χ3v) is 5.48. The summed E-state index contributed by atoms with van der Waals surface area (Å²) in [5, 5.41) is 0.140. The van der Waals surface area contributed by atoms with Gasteiger partial charge in [-0.05, 0) is 37.5 Å². The number of hydrogen-bond donors (Lipinski definition) is 1. The Morgan fingerprint density at radius 2 is 2.04 bits per heavy atom. The van der Waals surface area contributed by atoms with Crippen molar-refractivity contribution in [1.82, 2.24) is 9.62 Å². The normalized spacial score (nSPS) is 16.4. The number of carbonyl (C=O) groups is 1. The summed E-state index contributed by atoms with van der Waals surface area (Å²) in [4.78, 5) is 13.2. The molecule has 0 atom stereocenters. The van der Waals surface area contributed by atoms with Crippen molar-refractivity contribution in [3.8, 4) is 0 Å². The maximum absolute atomic E-state index is 13.7. The van der Waals surface area contributed by atoms with Gasteiger partial charge in [0.15, 0.2) is 0 Å². The van der Waals surface area contributed by atoms with Crippen molar-refractivity contribution < 1.29 is 17.6 Å². The van der Waals surface area contributed by atoms with Gasteiger partial charge in [0.1, 0.15) is 10.7 Å². The van der Waals surface area contributed by atoms with Gasteiger partial charge >= 0.3 is 0 Å². The van der Waals surface area contributed by atoms with Gasteiger partial charge in [-0.1, -0.05) is 18.0 Å². The lowest BCUT2D eigenvalue weighted by molar-refractivity contribution is -0.130. The maximum Gasteiger partial charge on any atom is 0.243 e. The maximum atomic E-state index is 13.7. The van der Waals surface area contributed by atoms with Crippen LogP contribution in [0.2, 0.25) is 5.02 Å². The SMILES string of the molecule is O=C1CCCCCN1CCCNS(=O)(=O)c1ccc(Cl)cc1F. The molecule has 8 heteroatoms. The van der Waals surface area contributed by atoms with Gasteiger partial charge in [-0.15, -0.1) is 0 Å². The van der Waals surface area contributed by atoms with E-state index in [0.717, 1.165) is 37.9 Å². The summed E-state index contributed by atoms with van der Waals surface area (Å²) in [6.45, 7) is 1.37. The lowest BCUT2D eigenvalue weighted by Gasteiger charge is -2.20. The van der Waals surface area contributed by atoms with E-state index < -0.39 is 20.7 Å². The molecule has 1 aliphatic rings. The van der Waals surface area contributed by atoms with Crippen LogP contribution in [0.5, 0.6) is 0 Å². The Kier molecular flexibility index (Phi) is 6.38. The highest BCUT2D eigenvalue weighted by molar-refractivity contribution is 7.89. The molecule has 1 amide bonds. The van der Waals surface area contributed by atoms with Gasteiger partial charge in [-0.2, -0.15) is 0 Å². The highest BCUT2D eigenvalue weighted by atomic mass is 35.5. The Hall–Kier alpha value is -1.18. The van der Waals surface area contributed by atoms with Crippen LogP contribution in [0.15, 0.2) is 23.1 Å². The zero-order valence-corrected chi connectivity index (χ0v) is 14.3. The molecule has 1 aromatic rings. The van der Waals surface area contributed by atoms with Crippen molar-refractivity contribution in [2.45, 2.75) is 37.0 Å². The summed E-state index contributed by atoms with van der Waals surface area (Å²) in [7, 11) is -3.92. The Morgan fingerprint density at radius 1 is 1.26 bits per heavy atom. The Morgan fingerprint density at radius 3 is 2.78 bits per heavy atom. The van der Waals surface area contributed by atoms with Gasteiger partial charge in [0.05, 0.1) is 0 Å². The number of hydrogen-bond acceptors (Lipinski definition) is 3. The molecule has 0 aromatic heterocycles. The smallest absolute Gasteiger partial charge is 0.243 e. The van der Waals surface area contributed by atoms with Gasteiger partial charge in [-0.25, -0.2) is 17.5 Å². The summed E-state index contributed by atoms with van der Waals surface area (Å²) in [5.74, 6) is -0.762.